The Morgan fingerprint density at radius 1 is 0.571 bits per heavy atom. The Kier molecular flexibility index (Phi) is 15.4. The van der Waals surface area contributed by atoms with Gasteiger partial charge in [0, 0.05) is 0 Å². The fourth-order valence-electron chi connectivity index (χ4n) is 4.99. The second kappa shape index (κ2) is 17.9. The maximum Gasteiger partial charge on any atom is 0.127 e. The van der Waals surface area contributed by atoms with Gasteiger partial charge in [-0.25, -0.2) is 21.7 Å². The van der Waals surface area contributed by atoms with Gasteiger partial charge in [0.2, 0.25) is 0 Å². The van der Waals surface area contributed by atoms with Crippen LogP contribution in [0.25, 0.3) is 0 Å². The first-order chi connectivity index (χ1) is 19.9. The molecule has 6 N–H and O–H groups in total. The molecule has 0 radical (unpaired) electrons. The standard InChI is InChI=1S/C28H52N10S4/c1-27(2,37-31-21-11-7-5-8-12-21)29-25(41)35-33-23(39)19-15-17-20(18-16-19)24(40)34-36-26(42)30-28(3,4)38-32-22-13-9-6-10-14-22/h15-18,21-26,29-30,33-36,39-42H,5-14H2,1-4H3. The molecule has 14 heteroatoms. The molecule has 2 aliphatic carbocycles. The Hall–Kier alpha value is -0.420. The lowest BCUT2D eigenvalue weighted by Crippen LogP contribution is -2.53. The highest BCUT2D eigenvalue weighted by Crippen LogP contribution is 2.24. The van der Waals surface area contributed by atoms with Crippen LogP contribution >= 0.6 is 50.5 Å². The minimum Gasteiger partial charge on any atom is -0.267 e. The molecule has 42 heavy (non-hydrogen) atoms. The van der Waals surface area contributed by atoms with Crippen LogP contribution < -0.4 is 32.3 Å². The van der Waals surface area contributed by atoms with Gasteiger partial charge in [-0.3, -0.25) is 10.6 Å². The van der Waals surface area contributed by atoms with Crippen molar-refractivity contribution >= 4 is 50.5 Å². The Labute approximate surface area is 274 Å². The SMILES string of the molecule is CC(C)(N=NC1CCCCC1)NC(S)NNC(S)c1ccc(C(S)NNC(S)NC(C)(C)N=NC2CCCCC2)cc1. The zero-order valence-electron chi connectivity index (χ0n) is 25.4. The number of hydrogen-bond donors (Lipinski definition) is 10. The Morgan fingerprint density at radius 3 is 1.24 bits per heavy atom. The molecule has 0 bridgehead atoms. The van der Waals surface area contributed by atoms with Crippen molar-refractivity contribution in [3.63, 3.8) is 0 Å². The Bertz CT molecular complexity index is 889. The maximum atomic E-state index is 4.70. The van der Waals surface area contributed by atoms with Crippen LogP contribution in [-0.2, 0) is 0 Å². The van der Waals surface area contributed by atoms with Crippen molar-refractivity contribution in [3.05, 3.63) is 35.4 Å². The van der Waals surface area contributed by atoms with Crippen molar-refractivity contribution in [2.24, 2.45) is 20.5 Å². The summed E-state index contributed by atoms with van der Waals surface area (Å²) in [6, 6.07) is 8.74. The average Bonchev–Trinajstić information content (AvgIpc) is 2.97. The first-order valence-electron chi connectivity index (χ1n) is 15.2. The molecule has 0 spiro atoms. The van der Waals surface area contributed by atoms with Gasteiger partial charge in [-0.15, -0.1) is 25.3 Å². The number of hydrogen-bond acceptors (Lipinski definition) is 14. The second-order valence-corrected chi connectivity index (χ2v) is 14.3. The van der Waals surface area contributed by atoms with E-state index < -0.39 is 11.3 Å². The highest BCUT2D eigenvalue weighted by atomic mass is 32.1. The molecular weight excluding hydrogens is 605 g/mol. The number of nitrogens with one attached hydrogen (secondary N) is 6. The van der Waals surface area contributed by atoms with Crippen LogP contribution in [0.1, 0.15) is 114 Å². The van der Waals surface area contributed by atoms with Gasteiger partial charge in [-0.2, -0.15) is 45.7 Å². The number of thiol groups is 4. The van der Waals surface area contributed by atoms with Crippen LogP contribution in [0.4, 0.5) is 0 Å². The highest BCUT2D eigenvalue weighted by molar-refractivity contribution is 7.81. The average molecular weight is 657 g/mol. The van der Waals surface area contributed by atoms with Crippen molar-refractivity contribution in [2.45, 2.75) is 137 Å². The van der Waals surface area contributed by atoms with Crippen LogP contribution in [-0.4, -0.2) is 34.4 Å². The van der Waals surface area contributed by atoms with Gasteiger partial charge in [-0.05, 0) is 64.5 Å². The summed E-state index contributed by atoms with van der Waals surface area (Å²) in [6.07, 6.45) is 12.1. The van der Waals surface area contributed by atoms with Crippen LogP contribution in [0, 0.1) is 0 Å². The van der Waals surface area contributed by atoms with E-state index in [1.54, 1.807) is 0 Å². The van der Waals surface area contributed by atoms with E-state index in [9.17, 15) is 0 Å². The lowest BCUT2D eigenvalue weighted by atomic mass is 9.96. The minimum absolute atomic E-state index is 0.247. The fourth-order valence-corrected chi connectivity index (χ4v) is 6.26. The molecule has 0 aromatic heterocycles. The molecule has 1 aromatic carbocycles. The summed E-state index contributed by atoms with van der Waals surface area (Å²) in [6.45, 7) is 7.98. The van der Waals surface area contributed by atoms with Gasteiger partial charge in [0.05, 0.1) is 22.8 Å². The molecule has 0 heterocycles. The molecular formula is C28H52N10S4. The normalized spacial score (nSPS) is 21.1. The molecule has 0 saturated heterocycles. The monoisotopic (exact) mass is 656 g/mol. The number of rotatable bonds is 16. The third-order valence-electron chi connectivity index (χ3n) is 7.35. The number of azo groups is 2. The molecule has 10 nitrogen and oxygen atoms in total. The van der Waals surface area contributed by atoms with E-state index in [0.717, 1.165) is 36.8 Å². The molecule has 2 saturated carbocycles. The first kappa shape index (κ1) is 36.1. The fraction of sp³-hybridized carbons (Fsp3) is 0.786. The summed E-state index contributed by atoms with van der Waals surface area (Å²) in [5.74, 6) is 0. The highest BCUT2D eigenvalue weighted by Gasteiger charge is 2.23. The topological polar surface area (TPSA) is 122 Å². The number of benzene rings is 1. The van der Waals surface area contributed by atoms with Gasteiger partial charge >= 0.3 is 0 Å². The van der Waals surface area contributed by atoms with Gasteiger partial charge in [0.25, 0.3) is 0 Å². The summed E-state index contributed by atoms with van der Waals surface area (Å²) >= 11 is 18.6. The largest absolute Gasteiger partial charge is 0.267 e. The Balaban J connectivity index is 1.38. The van der Waals surface area contributed by atoms with Gasteiger partial charge in [0.15, 0.2) is 0 Å². The minimum atomic E-state index is -0.536. The van der Waals surface area contributed by atoms with Crippen molar-refractivity contribution in [1.29, 1.82) is 0 Å². The molecule has 2 aliphatic rings. The maximum absolute atomic E-state index is 4.70. The number of nitrogens with zero attached hydrogens (tertiary/aromatic N) is 4. The van der Waals surface area contributed by atoms with Crippen LogP contribution in [0.2, 0.25) is 0 Å². The van der Waals surface area contributed by atoms with E-state index in [0.29, 0.717) is 12.1 Å². The summed E-state index contributed by atoms with van der Waals surface area (Å²) in [4.78, 5) is 0. The van der Waals surface area contributed by atoms with E-state index in [-0.39, 0.29) is 21.7 Å². The quantitative estimate of drug-likeness (QED) is 0.0437. The zero-order chi connectivity index (χ0) is 30.6. The van der Waals surface area contributed by atoms with E-state index in [1.807, 2.05) is 52.0 Å². The zero-order valence-corrected chi connectivity index (χ0v) is 29.0. The predicted octanol–water partition coefficient (Wildman–Crippen LogP) is 6.38. The molecule has 0 aliphatic heterocycles. The van der Waals surface area contributed by atoms with Crippen LogP contribution in [0.15, 0.2) is 44.7 Å². The van der Waals surface area contributed by atoms with Crippen molar-refractivity contribution in [3.8, 4) is 0 Å². The number of hydrazine groups is 2. The molecule has 3 rings (SSSR count). The predicted molar refractivity (Wildman–Crippen MR) is 186 cm³/mol. The summed E-state index contributed by atoms with van der Waals surface area (Å²) in [7, 11) is 0. The second-order valence-electron chi connectivity index (χ2n) is 12.3. The molecule has 2 fully saturated rings. The van der Waals surface area contributed by atoms with Gasteiger partial charge in [0.1, 0.15) is 22.3 Å². The van der Waals surface area contributed by atoms with E-state index in [1.165, 1.54) is 38.5 Å². The third kappa shape index (κ3) is 13.7. The van der Waals surface area contributed by atoms with Gasteiger partial charge < -0.3 is 0 Å². The summed E-state index contributed by atoms with van der Waals surface area (Å²) < 4.78 is 0. The van der Waals surface area contributed by atoms with E-state index in [4.69, 9.17) is 25.3 Å². The molecule has 238 valence electrons. The van der Waals surface area contributed by atoms with Crippen LogP contribution in [0.3, 0.4) is 0 Å². The summed E-state index contributed by atoms with van der Waals surface area (Å²) in [5, 5.41) is 24.4. The lowest BCUT2D eigenvalue weighted by molar-refractivity contribution is 0.317. The van der Waals surface area contributed by atoms with Crippen molar-refractivity contribution in [1.82, 2.24) is 32.3 Å². The van der Waals surface area contributed by atoms with E-state index in [2.05, 4.69) is 78.1 Å². The third-order valence-corrected chi connectivity index (χ3v) is 8.72. The summed E-state index contributed by atoms with van der Waals surface area (Å²) in [5.41, 5.74) is 12.9. The first-order valence-corrected chi connectivity index (χ1v) is 17.2. The van der Waals surface area contributed by atoms with Crippen molar-refractivity contribution < 1.29 is 0 Å². The molecule has 1 aromatic rings. The Morgan fingerprint density at radius 2 is 0.905 bits per heavy atom. The molecule has 4 unspecified atom stereocenters. The van der Waals surface area contributed by atoms with Gasteiger partial charge in [-0.1, -0.05) is 62.8 Å². The smallest absolute Gasteiger partial charge is 0.127 e. The van der Waals surface area contributed by atoms with E-state index >= 15 is 0 Å². The van der Waals surface area contributed by atoms with Crippen molar-refractivity contribution in [2.75, 3.05) is 0 Å². The molecule has 0 amide bonds. The molecule has 4 atom stereocenters. The van der Waals surface area contributed by atoms with Crippen LogP contribution in [0.5, 0.6) is 0 Å². The lowest BCUT2D eigenvalue weighted by Gasteiger charge is -2.28.